The van der Waals surface area contributed by atoms with Crippen molar-refractivity contribution in [2.75, 3.05) is 14.2 Å². The molecule has 154 valence electrons. The number of benzene rings is 3. The van der Waals surface area contributed by atoms with E-state index in [4.69, 9.17) is 13.9 Å². The van der Waals surface area contributed by atoms with Crippen LogP contribution >= 0.6 is 0 Å². The summed E-state index contributed by atoms with van der Waals surface area (Å²) < 4.78 is 16.2. The fraction of sp³-hybridized carbons (Fsp3) is 0.0769. The van der Waals surface area contributed by atoms with E-state index in [1.807, 2.05) is 36.4 Å². The maximum Gasteiger partial charge on any atom is 0.193 e. The second-order valence-electron chi connectivity index (χ2n) is 6.89. The summed E-state index contributed by atoms with van der Waals surface area (Å²) in [4.78, 5) is 25.3. The van der Waals surface area contributed by atoms with E-state index in [9.17, 15) is 9.59 Å². The summed E-state index contributed by atoms with van der Waals surface area (Å²) in [6.07, 6.45) is 3.21. The van der Waals surface area contributed by atoms with Crippen LogP contribution in [-0.4, -0.2) is 20.0 Å². The van der Waals surface area contributed by atoms with Crippen molar-refractivity contribution in [3.8, 4) is 22.8 Å². The zero-order valence-corrected chi connectivity index (χ0v) is 17.1. The topological polar surface area (TPSA) is 65.7 Å². The van der Waals surface area contributed by atoms with Crippen LogP contribution in [-0.2, 0) is 0 Å². The van der Waals surface area contributed by atoms with Crippen LogP contribution in [0.15, 0.2) is 88.1 Å². The molecule has 0 amide bonds. The number of carbonyl (C=O) groups excluding carboxylic acids is 1. The van der Waals surface area contributed by atoms with Gasteiger partial charge in [0.1, 0.15) is 22.8 Å². The molecule has 4 aromatic rings. The highest BCUT2D eigenvalue weighted by Crippen LogP contribution is 2.25. The van der Waals surface area contributed by atoms with Gasteiger partial charge in [0.15, 0.2) is 11.2 Å². The summed E-state index contributed by atoms with van der Waals surface area (Å²) >= 11 is 0. The Bertz CT molecular complexity index is 1310. The maximum absolute atomic E-state index is 12.7. The molecule has 0 spiro atoms. The summed E-state index contributed by atoms with van der Waals surface area (Å²) in [5.74, 6) is 1.73. The van der Waals surface area contributed by atoms with Gasteiger partial charge < -0.3 is 13.9 Å². The smallest absolute Gasteiger partial charge is 0.193 e. The molecule has 1 heterocycles. The van der Waals surface area contributed by atoms with Crippen molar-refractivity contribution in [3.63, 3.8) is 0 Å². The first-order valence-corrected chi connectivity index (χ1v) is 9.66. The molecule has 0 aliphatic carbocycles. The maximum atomic E-state index is 12.7. The third-order valence-corrected chi connectivity index (χ3v) is 4.93. The van der Waals surface area contributed by atoms with E-state index in [0.29, 0.717) is 22.3 Å². The minimum Gasteiger partial charge on any atom is -0.497 e. The number of carbonyl (C=O) groups is 1. The van der Waals surface area contributed by atoms with E-state index in [1.54, 1.807) is 50.6 Å². The molecule has 0 radical (unpaired) electrons. The Labute approximate surface area is 179 Å². The number of hydrogen-bond acceptors (Lipinski definition) is 5. The van der Waals surface area contributed by atoms with Crippen LogP contribution in [0.3, 0.4) is 0 Å². The van der Waals surface area contributed by atoms with Crippen LogP contribution in [0.2, 0.25) is 0 Å². The third kappa shape index (κ3) is 4.41. The molecule has 0 fully saturated rings. The minimum atomic E-state index is -0.208. The summed E-state index contributed by atoms with van der Waals surface area (Å²) in [7, 11) is 3.20. The van der Waals surface area contributed by atoms with E-state index in [-0.39, 0.29) is 11.2 Å². The highest BCUT2D eigenvalue weighted by molar-refractivity contribution is 6.08. The molecule has 5 nitrogen and oxygen atoms in total. The molecule has 1 aromatic heterocycles. The summed E-state index contributed by atoms with van der Waals surface area (Å²) in [6, 6.07) is 20.9. The molecule has 0 bridgehead atoms. The SMILES string of the molecule is COc1ccc(/C=C\C(=O)c2ccc3oc(-c4ccc(OC)cc4)cc(=O)c3c2)cc1. The van der Waals surface area contributed by atoms with Crippen LogP contribution in [0, 0.1) is 0 Å². The van der Waals surface area contributed by atoms with Gasteiger partial charge in [0, 0.05) is 17.2 Å². The predicted molar refractivity (Wildman–Crippen MR) is 121 cm³/mol. The molecule has 0 saturated heterocycles. The van der Waals surface area contributed by atoms with Crippen molar-refractivity contribution >= 4 is 22.8 Å². The zero-order valence-electron chi connectivity index (χ0n) is 17.1. The molecule has 0 atom stereocenters. The Morgan fingerprint density at radius 1 is 0.839 bits per heavy atom. The Balaban J connectivity index is 1.61. The van der Waals surface area contributed by atoms with E-state index in [2.05, 4.69) is 0 Å². The number of allylic oxidation sites excluding steroid dienone is 1. The van der Waals surface area contributed by atoms with Gasteiger partial charge in [-0.3, -0.25) is 9.59 Å². The quantitative estimate of drug-likeness (QED) is 0.314. The Hall–Kier alpha value is -4.12. The highest BCUT2D eigenvalue weighted by atomic mass is 16.5. The van der Waals surface area contributed by atoms with Gasteiger partial charge in [0.2, 0.25) is 0 Å². The van der Waals surface area contributed by atoms with Gasteiger partial charge in [-0.05, 0) is 66.2 Å². The molecule has 0 saturated carbocycles. The second kappa shape index (κ2) is 8.71. The first-order chi connectivity index (χ1) is 15.1. The molecule has 0 N–H and O–H groups in total. The van der Waals surface area contributed by atoms with Gasteiger partial charge in [-0.1, -0.05) is 18.2 Å². The molecule has 0 unspecified atom stereocenters. The van der Waals surface area contributed by atoms with Crippen LogP contribution in [0.25, 0.3) is 28.4 Å². The molecule has 31 heavy (non-hydrogen) atoms. The number of ether oxygens (including phenoxy) is 2. The molecule has 0 aliphatic heterocycles. The summed E-state index contributed by atoms with van der Waals surface area (Å²) in [5, 5.41) is 0.362. The van der Waals surface area contributed by atoms with Crippen LogP contribution in [0.4, 0.5) is 0 Å². The number of fused-ring (bicyclic) bond motifs is 1. The fourth-order valence-electron chi connectivity index (χ4n) is 3.19. The van der Waals surface area contributed by atoms with Crippen molar-refractivity contribution in [3.05, 3.63) is 100 Å². The normalized spacial score (nSPS) is 11.0. The van der Waals surface area contributed by atoms with Gasteiger partial charge in [0.25, 0.3) is 0 Å². The average molecular weight is 412 g/mol. The van der Waals surface area contributed by atoms with E-state index >= 15 is 0 Å². The minimum absolute atomic E-state index is 0.198. The lowest BCUT2D eigenvalue weighted by Gasteiger charge is -2.05. The third-order valence-electron chi connectivity index (χ3n) is 4.93. The number of methoxy groups -OCH3 is 2. The van der Waals surface area contributed by atoms with E-state index in [1.165, 1.54) is 12.1 Å². The lowest BCUT2D eigenvalue weighted by atomic mass is 10.1. The molecule has 3 aromatic carbocycles. The van der Waals surface area contributed by atoms with Crippen molar-refractivity contribution < 1.29 is 18.7 Å². The zero-order chi connectivity index (χ0) is 21.8. The standard InChI is InChI=1S/C26H20O5/c1-29-20-9-3-17(4-10-20)5-13-23(27)19-8-14-25-22(15-19)24(28)16-26(31-25)18-6-11-21(30-2)12-7-18/h3-16H,1-2H3/b13-5-. The summed E-state index contributed by atoms with van der Waals surface area (Å²) in [6.45, 7) is 0. The van der Waals surface area contributed by atoms with Gasteiger partial charge in [0.05, 0.1) is 19.6 Å². The molecule has 4 rings (SSSR count). The van der Waals surface area contributed by atoms with Crippen LogP contribution in [0.1, 0.15) is 15.9 Å². The number of rotatable bonds is 6. The average Bonchev–Trinajstić information content (AvgIpc) is 2.82. The van der Waals surface area contributed by atoms with E-state index in [0.717, 1.165) is 22.6 Å². The second-order valence-corrected chi connectivity index (χ2v) is 6.89. The molecule has 5 heteroatoms. The lowest BCUT2D eigenvalue weighted by molar-refractivity contribution is 0.104. The van der Waals surface area contributed by atoms with Crippen molar-refractivity contribution in [2.45, 2.75) is 0 Å². The molecular weight excluding hydrogens is 392 g/mol. The first-order valence-electron chi connectivity index (χ1n) is 9.66. The van der Waals surface area contributed by atoms with Gasteiger partial charge in [-0.15, -0.1) is 0 Å². The van der Waals surface area contributed by atoms with Crippen molar-refractivity contribution in [1.29, 1.82) is 0 Å². The summed E-state index contributed by atoms with van der Waals surface area (Å²) in [5.41, 5.74) is 2.28. The number of hydrogen-bond donors (Lipinski definition) is 0. The monoisotopic (exact) mass is 412 g/mol. The van der Waals surface area contributed by atoms with Gasteiger partial charge in [-0.2, -0.15) is 0 Å². The van der Waals surface area contributed by atoms with Crippen molar-refractivity contribution in [1.82, 2.24) is 0 Å². The lowest BCUT2D eigenvalue weighted by Crippen LogP contribution is -2.03. The Morgan fingerprint density at radius 3 is 2.13 bits per heavy atom. The van der Waals surface area contributed by atoms with E-state index < -0.39 is 0 Å². The fourth-order valence-corrected chi connectivity index (χ4v) is 3.19. The predicted octanol–water partition coefficient (Wildman–Crippen LogP) is 5.37. The number of ketones is 1. The largest absolute Gasteiger partial charge is 0.497 e. The van der Waals surface area contributed by atoms with Gasteiger partial charge in [-0.25, -0.2) is 0 Å². The Morgan fingerprint density at radius 2 is 1.48 bits per heavy atom. The van der Waals surface area contributed by atoms with Crippen LogP contribution < -0.4 is 14.9 Å². The van der Waals surface area contributed by atoms with Crippen LogP contribution in [0.5, 0.6) is 11.5 Å². The first kappa shape index (κ1) is 20.2. The highest BCUT2D eigenvalue weighted by Gasteiger charge is 2.10. The van der Waals surface area contributed by atoms with Gasteiger partial charge >= 0.3 is 0 Å². The Kier molecular flexibility index (Phi) is 5.67. The molecule has 0 aliphatic rings. The van der Waals surface area contributed by atoms with Crippen molar-refractivity contribution in [2.24, 2.45) is 0 Å². The molecular formula is C26H20O5.